The molecule has 0 aromatic heterocycles. The van der Waals surface area contributed by atoms with Gasteiger partial charge < -0.3 is 10.6 Å². The van der Waals surface area contributed by atoms with E-state index in [2.05, 4.69) is 22.0 Å². The Labute approximate surface area is 202 Å². The molecule has 8 nitrogen and oxygen atoms in total. The number of piperidine rings is 1. The minimum atomic E-state index is -0.979. The molecule has 2 aromatic rings. The van der Waals surface area contributed by atoms with Crippen LogP contribution in [-0.4, -0.2) is 41.1 Å². The predicted molar refractivity (Wildman–Crippen MR) is 128 cm³/mol. The summed E-state index contributed by atoms with van der Waals surface area (Å²) in [5.74, 6) is -2.19. The highest BCUT2D eigenvalue weighted by Gasteiger charge is 2.42. The molecule has 0 saturated carbocycles. The topological polar surface area (TPSA) is 108 Å². The zero-order valence-electron chi connectivity index (χ0n) is 18.7. The van der Waals surface area contributed by atoms with Crippen molar-refractivity contribution in [2.45, 2.75) is 38.8 Å². The van der Waals surface area contributed by atoms with Crippen molar-refractivity contribution >= 4 is 40.9 Å². The molecule has 1 atom stereocenters. The van der Waals surface area contributed by atoms with Crippen LogP contribution in [0.3, 0.4) is 0 Å². The van der Waals surface area contributed by atoms with Gasteiger partial charge in [-0.05, 0) is 61.2 Å². The van der Waals surface area contributed by atoms with E-state index in [9.17, 15) is 19.2 Å². The molecule has 2 aromatic carbocycles. The smallest absolute Gasteiger partial charge is 0.278 e. The summed E-state index contributed by atoms with van der Waals surface area (Å²) in [6.07, 6.45) is 2.24. The Balaban J connectivity index is 1.32. The number of nitrogens with zero attached hydrogens (tertiary/aromatic N) is 1. The van der Waals surface area contributed by atoms with Crippen molar-refractivity contribution in [3.63, 3.8) is 0 Å². The highest BCUT2D eigenvalue weighted by atomic mass is 35.5. The van der Waals surface area contributed by atoms with Crippen LogP contribution in [0.1, 0.15) is 29.5 Å². The maximum absolute atomic E-state index is 12.8. The van der Waals surface area contributed by atoms with Crippen LogP contribution >= 0.6 is 11.6 Å². The maximum atomic E-state index is 12.8. The first kappa shape index (κ1) is 23.7. The van der Waals surface area contributed by atoms with Gasteiger partial charge in [0, 0.05) is 29.8 Å². The number of amides is 4. The summed E-state index contributed by atoms with van der Waals surface area (Å²) in [5, 5.41) is 9.33. The first-order valence-corrected chi connectivity index (χ1v) is 11.4. The van der Waals surface area contributed by atoms with Gasteiger partial charge in [-0.25, -0.2) is 0 Å². The minimum absolute atomic E-state index is 0.0855. The van der Waals surface area contributed by atoms with E-state index in [1.807, 2.05) is 37.3 Å². The van der Waals surface area contributed by atoms with Crippen molar-refractivity contribution in [1.82, 2.24) is 15.5 Å². The molecule has 2 aliphatic heterocycles. The molecule has 1 unspecified atom stereocenters. The van der Waals surface area contributed by atoms with Crippen molar-refractivity contribution < 1.29 is 19.2 Å². The second kappa shape index (κ2) is 10.2. The van der Waals surface area contributed by atoms with Gasteiger partial charge in [-0.1, -0.05) is 35.9 Å². The van der Waals surface area contributed by atoms with Crippen molar-refractivity contribution in [3.05, 3.63) is 76.0 Å². The second-order valence-corrected chi connectivity index (χ2v) is 8.78. The van der Waals surface area contributed by atoms with E-state index in [0.717, 1.165) is 39.6 Å². The van der Waals surface area contributed by atoms with Crippen LogP contribution in [0.2, 0.25) is 5.02 Å². The molecule has 2 heterocycles. The van der Waals surface area contributed by atoms with E-state index >= 15 is 0 Å². The predicted octanol–water partition coefficient (Wildman–Crippen LogP) is 2.45. The molecule has 1 saturated heterocycles. The summed E-state index contributed by atoms with van der Waals surface area (Å²) >= 11 is 6.18. The minimum Gasteiger partial charge on any atom is -0.351 e. The molecular formula is C25H25ClN4O4. The highest BCUT2D eigenvalue weighted by Crippen LogP contribution is 2.23. The molecule has 3 N–H and O–H groups in total. The fourth-order valence-electron chi connectivity index (χ4n) is 3.97. The number of imide groups is 2. The standard InChI is InChI=1S/C25H25ClN4O4/c1-15-5-6-16(12-19(15)26)9-10-27-14-17-3-2-4-18(11-17)28-20-13-23(32)30(25(20)34)21-7-8-22(31)29-24(21)33/h2-6,11-13,21,27-28H,7-10,14H2,1H3,(H,29,31,33). The second-order valence-electron chi connectivity index (χ2n) is 8.37. The fraction of sp³-hybridized carbons (Fsp3) is 0.280. The summed E-state index contributed by atoms with van der Waals surface area (Å²) in [5.41, 5.74) is 3.97. The fourth-order valence-corrected chi connectivity index (χ4v) is 4.17. The monoisotopic (exact) mass is 480 g/mol. The molecule has 176 valence electrons. The van der Waals surface area contributed by atoms with Crippen molar-refractivity contribution in [2.75, 3.05) is 11.9 Å². The molecule has 0 spiro atoms. The van der Waals surface area contributed by atoms with Crippen LogP contribution in [0.15, 0.2) is 54.2 Å². The van der Waals surface area contributed by atoms with E-state index < -0.39 is 29.7 Å². The Morgan fingerprint density at radius 3 is 2.68 bits per heavy atom. The largest absolute Gasteiger partial charge is 0.351 e. The Bertz CT molecular complexity index is 1190. The lowest BCUT2D eigenvalue weighted by molar-refractivity contribution is -0.149. The van der Waals surface area contributed by atoms with Gasteiger partial charge in [0.2, 0.25) is 11.8 Å². The van der Waals surface area contributed by atoms with Gasteiger partial charge in [-0.3, -0.25) is 29.4 Å². The molecule has 9 heteroatoms. The summed E-state index contributed by atoms with van der Waals surface area (Å²) < 4.78 is 0. The molecule has 2 aliphatic rings. The maximum Gasteiger partial charge on any atom is 0.278 e. The number of carbonyl (C=O) groups is 4. The van der Waals surface area contributed by atoms with Crippen LogP contribution < -0.4 is 16.0 Å². The lowest BCUT2D eigenvalue weighted by atomic mass is 10.0. The van der Waals surface area contributed by atoms with Crippen LogP contribution in [0, 0.1) is 6.92 Å². The number of benzene rings is 2. The molecule has 34 heavy (non-hydrogen) atoms. The molecular weight excluding hydrogens is 456 g/mol. The Kier molecular flexibility index (Phi) is 7.09. The number of nitrogens with one attached hydrogen (secondary N) is 3. The van der Waals surface area contributed by atoms with Crippen LogP contribution in [0.25, 0.3) is 0 Å². The highest BCUT2D eigenvalue weighted by molar-refractivity contribution is 6.31. The number of carbonyl (C=O) groups excluding carboxylic acids is 4. The van der Waals surface area contributed by atoms with E-state index in [-0.39, 0.29) is 18.5 Å². The number of rotatable bonds is 8. The number of anilines is 1. The molecule has 0 aliphatic carbocycles. The average Bonchev–Trinajstić information content (AvgIpc) is 3.07. The number of hydrogen-bond donors (Lipinski definition) is 3. The number of aryl methyl sites for hydroxylation is 1. The Morgan fingerprint density at radius 2 is 1.91 bits per heavy atom. The lowest BCUT2D eigenvalue weighted by Gasteiger charge is -2.28. The van der Waals surface area contributed by atoms with Crippen molar-refractivity contribution in [2.24, 2.45) is 0 Å². The molecule has 4 rings (SSSR count). The van der Waals surface area contributed by atoms with E-state index in [1.54, 1.807) is 6.07 Å². The Hall–Kier alpha value is -3.49. The van der Waals surface area contributed by atoms with Crippen molar-refractivity contribution in [1.29, 1.82) is 0 Å². The van der Waals surface area contributed by atoms with Gasteiger partial charge in [-0.2, -0.15) is 0 Å². The first-order chi connectivity index (χ1) is 16.3. The van der Waals surface area contributed by atoms with Gasteiger partial charge >= 0.3 is 0 Å². The molecule has 0 radical (unpaired) electrons. The normalized spacial score (nSPS) is 18.2. The quantitative estimate of drug-likeness (QED) is 0.396. The van der Waals surface area contributed by atoms with Crippen molar-refractivity contribution in [3.8, 4) is 0 Å². The number of hydrogen-bond acceptors (Lipinski definition) is 6. The van der Waals surface area contributed by atoms with E-state index in [0.29, 0.717) is 12.2 Å². The summed E-state index contributed by atoms with van der Waals surface area (Å²) in [4.78, 5) is 49.6. The summed E-state index contributed by atoms with van der Waals surface area (Å²) in [7, 11) is 0. The van der Waals surface area contributed by atoms with Gasteiger partial charge in [-0.15, -0.1) is 0 Å². The van der Waals surface area contributed by atoms with E-state index in [1.165, 1.54) is 6.08 Å². The zero-order chi connectivity index (χ0) is 24.2. The molecule has 4 amide bonds. The summed E-state index contributed by atoms with van der Waals surface area (Å²) in [6.45, 7) is 3.38. The van der Waals surface area contributed by atoms with Gasteiger partial charge in [0.25, 0.3) is 11.8 Å². The SMILES string of the molecule is Cc1ccc(CCNCc2cccc(NC3=CC(=O)N(C4CCC(=O)NC4=O)C3=O)c2)cc1Cl. The van der Waals surface area contributed by atoms with Crippen LogP contribution in [0.5, 0.6) is 0 Å². The van der Waals surface area contributed by atoms with Crippen LogP contribution in [0.4, 0.5) is 5.69 Å². The van der Waals surface area contributed by atoms with Gasteiger partial charge in [0.05, 0.1) is 0 Å². The molecule has 0 bridgehead atoms. The van der Waals surface area contributed by atoms with Gasteiger partial charge in [0.15, 0.2) is 0 Å². The Morgan fingerprint density at radius 1 is 1.09 bits per heavy atom. The third kappa shape index (κ3) is 5.35. The van der Waals surface area contributed by atoms with E-state index in [4.69, 9.17) is 11.6 Å². The first-order valence-electron chi connectivity index (χ1n) is 11.1. The van der Waals surface area contributed by atoms with Crippen LogP contribution in [-0.2, 0) is 32.1 Å². The number of halogens is 1. The third-order valence-corrected chi connectivity index (χ3v) is 6.25. The third-order valence-electron chi connectivity index (χ3n) is 5.84. The summed E-state index contributed by atoms with van der Waals surface area (Å²) in [6, 6.07) is 12.6. The average molecular weight is 481 g/mol. The van der Waals surface area contributed by atoms with Gasteiger partial charge in [0.1, 0.15) is 11.7 Å². The zero-order valence-corrected chi connectivity index (χ0v) is 19.4. The molecule has 1 fully saturated rings. The lowest BCUT2D eigenvalue weighted by Crippen LogP contribution is -2.54.